The highest BCUT2D eigenvalue weighted by molar-refractivity contribution is 6.30. The van der Waals surface area contributed by atoms with Crippen molar-refractivity contribution in [2.45, 2.75) is 13.5 Å². The second-order valence-electron chi connectivity index (χ2n) is 3.69. The van der Waals surface area contributed by atoms with Crippen molar-refractivity contribution in [2.75, 3.05) is 13.2 Å². The minimum absolute atomic E-state index is 0.161. The van der Waals surface area contributed by atoms with E-state index in [0.717, 1.165) is 5.56 Å². The number of hydrogen-bond donors (Lipinski definition) is 3. The molecule has 0 saturated heterocycles. The van der Waals surface area contributed by atoms with E-state index < -0.39 is 0 Å². The lowest BCUT2D eigenvalue weighted by Gasteiger charge is -2.10. The molecule has 0 heterocycles. The molecule has 0 radical (unpaired) electrons. The second kappa shape index (κ2) is 5.95. The van der Waals surface area contributed by atoms with Crippen molar-refractivity contribution in [3.63, 3.8) is 0 Å². The zero-order valence-corrected chi connectivity index (χ0v) is 9.46. The summed E-state index contributed by atoms with van der Waals surface area (Å²) in [6.45, 7) is 3.37. The largest absolute Gasteiger partial charge is 0.508 e. The quantitative estimate of drug-likeness (QED) is 0.721. The van der Waals surface area contributed by atoms with Crippen molar-refractivity contribution >= 4 is 11.6 Å². The van der Waals surface area contributed by atoms with Gasteiger partial charge in [0.25, 0.3) is 0 Å². The van der Waals surface area contributed by atoms with Gasteiger partial charge in [0, 0.05) is 30.3 Å². The van der Waals surface area contributed by atoms with Gasteiger partial charge in [-0.15, -0.1) is 0 Å². The van der Waals surface area contributed by atoms with Crippen LogP contribution in [-0.4, -0.2) is 23.4 Å². The van der Waals surface area contributed by atoms with Crippen molar-refractivity contribution in [2.24, 2.45) is 5.92 Å². The van der Waals surface area contributed by atoms with Gasteiger partial charge in [0.2, 0.25) is 0 Å². The molecular weight excluding hydrogens is 214 g/mol. The van der Waals surface area contributed by atoms with E-state index in [0.29, 0.717) is 18.1 Å². The zero-order chi connectivity index (χ0) is 11.3. The summed E-state index contributed by atoms with van der Waals surface area (Å²) in [6, 6.07) is 4.96. The summed E-state index contributed by atoms with van der Waals surface area (Å²) in [6.07, 6.45) is 0. The molecule has 4 heteroatoms. The Kier molecular flexibility index (Phi) is 4.88. The molecule has 0 aliphatic rings. The Morgan fingerprint density at radius 1 is 1.47 bits per heavy atom. The normalized spacial score (nSPS) is 12.7. The van der Waals surface area contributed by atoms with Crippen molar-refractivity contribution in [1.29, 1.82) is 0 Å². The Hall–Kier alpha value is -0.770. The fraction of sp³-hybridized carbons (Fsp3) is 0.455. The van der Waals surface area contributed by atoms with Crippen LogP contribution >= 0.6 is 11.6 Å². The van der Waals surface area contributed by atoms with Gasteiger partial charge in [-0.25, -0.2) is 0 Å². The van der Waals surface area contributed by atoms with Gasteiger partial charge >= 0.3 is 0 Å². The highest BCUT2D eigenvalue weighted by atomic mass is 35.5. The zero-order valence-electron chi connectivity index (χ0n) is 8.70. The number of phenols is 1. The van der Waals surface area contributed by atoms with E-state index in [9.17, 15) is 5.11 Å². The van der Waals surface area contributed by atoms with Gasteiger partial charge in [0.15, 0.2) is 0 Å². The number of halogens is 1. The van der Waals surface area contributed by atoms with Crippen LogP contribution in [0.1, 0.15) is 12.5 Å². The Morgan fingerprint density at radius 3 is 2.87 bits per heavy atom. The van der Waals surface area contributed by atoms with Crippen LogP contribution in [0.4, 0.5) is 0 Å². The Balaban J connectivity index is 2.46. The van der Waals surface area contributed by atoms with Crippen molar-refractivity contribution in [1.82, 2.24) is 5.32 Å². The van der Waals surface area contributed by atoms with Gasteiger partial charge in [-0.1, -0.05) is 18.5 Å². The van der Waals surface area contributed by atoms with E-state index in [4.69, 9.17) is 16.7 Å². The number of benzene rings is 1. The lowest BCUT2D eigenvalue weighted by atomic mass is 10.1. The number of aliphatic hydroxyl groups is 1. The standard InChI is InChI=1S/C11H16ClNO2/c1-8(7-14)5-13-6-9-4-10(12)2-3-11(9)15/h2-4,8,13-15H,5-7H2,1H3. The van der Waals surface area contributed by atoms with Crippen LogP contribution in [0.2, 0.25) is 5.02 Å². The molecule has 1 rings (SSSR count). The third-order valence-electron chi connectivity index (χ3n) is 2.16. The molecule has 1 atom stereocenters. The first kappa shape index (κ1) is 12.3. The van der Waals surface area contributed by atoms with Crippen molar-refractivity contribution in [3.05, 3.63) is 28.8 Å². The van der Waals surface area contributed by atoms with Crippen LogP contribution < -0.4 is 5.32 Å². The second-order valence-corrected chi connectivity index (χ2v) is 4.13. The average Bonchev–Trinajstić information content (AvgIpc) is 2.23. The molecule has 3 nitrogen and oxygen atoms in total. The first-order valence-electron chi connectivity index (χ1n) is 4.92. The van der Waals surface area contributed by atoms with Gasteiger partial charge < -0.3 is 15.5 Å². The van der Waals surface area contributed by atoms with Crippen LogP contribution in [0, 0.1) is 5.92 Å². The number of hydrogen-bond acceptors (Lipinski definition) is 3. The number of rotatable bonds is 5. The molecule has 0 aromatic heterocycles. The van der Waals surface area contributed by atoms with Crippen LogP contribution in [-0.2, 0) is 6.54 Å². The molecule has 0 aliphatic carbocycles. The molecule has 0 amide bonds. The van der Waals surface area contributed by atoms with Gasteiger partial charge in [-0.05, 0) is 24.1 Å². The summed E-state index contributed by atoms with van der Waals surface area (Å²) in [5.74, 6) is 0.454. The molecule has 0 bridgehead atoms. The Labute approximate surface area is 94.7 Å². The van der Waals surface area contributed by atoms with Gasteiger partial charge in [0.05, 0.1) is 0 Å². The van der Waals surface area contributed by atoms with E-state index in [1.807, 2.05) is 6.92 Å². The summed E-state index contributed by atoms with van der Waals surface area (Å²) in [5.41, 5.74) is 0.771. The highest BCUT2D eigenvalue weighted by Gasteiger charge is 2.03. The third kappa shape index (κ3) is 4.08. The van der Waals surface area contributed by atoms with Crippen molar-refractivity contribution in [3.8, 4) is 5.75 Å². The third-order valence-corrected chi connectivity index (χ3v) is 2.40. The lowest BCUT2D eigenvalue weighted by molar-refractivity contribution is 0.233. The Morgan fingerprint density at radius 2 is 2.20 bits per heavy atom. The van der Waals surface area contributed by atoms with E-state index in [2.05, 4.69) is 5.32 Å². The molecule has 0 aliphatic heterocycles. The predicted octanol–water partition coefficient (Wildman–Crippen LogP) is 1.76. The molecule has 1 aromatic rings. The SMILES string of the molecule is CC(CO)CNCc1cc(Cl)ccc1O. The maximum atomic E-state index is 9.51. The van der Waals surface area contributed by atoms with Crippen LogP contribution in [0.3, 0.4) is 0 Å². The van der Waals surface area contributed by atoms with E-state index in [-0.39, 0.29) is 18.3 Å². The molecule has 0 fully saturated rings. The monoisotopic (exact) mass is 229 g/mol. The predicted molar refractivity (Wildman–Crippen MR) is 61.1 cm³/mol. The van der Waals surface area contributed by atoms with Crippen molar-refractivity contribution < 1.29 is 10.2 Å². The molecular formula is C11H16ClNO2. The molecule has 1 aromatic carbocycles. The Bertz CT molecular complexity index is 317. The van der Waals surface area contributed by atoms with Gasteiger partial charge in [-0.2, -0.15) is 0 Å². The van der Waals surface area contributed by atoms with Gasteiger partial charge in [0.1, 0.15) is 5.75 Å². The van der Waals surface area contributed by atoms with Crippen LogP contribution in [0.5, 0.6) is 5.75 Å². The summed E-state index contributed by atoms with van der Waals surface area (Å²) in [4.78, 5) is 0. The molecule has 3 N–H and O–H groups in total. The summed E-state index contributed by atoms with van der Waals surface area (Å²) in [5, 5.41) is 22.1. The number of aliphatic hydroxyl groups excluding tert-OH is 1. The first-order chi connectivity index (χ1) is 7.13. The first-order valence-corrected chi connectivity index (χ1v) is 5.30. The highest BCUT2D eigenvalue weighted by Crippen LogP contribution is 2.21. The summed E-state index contributed by atoms with van der Waals surface area (Å²) >= 11 is 5.81. The molecule has 0 spiro atoms. The van der Waals surface area contributed by atoms with E-state index in [1.54, 1.807) is 18.2 Å². The maximum absolute atomic E-state index is 9.51. The number of phenolic OH excluding ortho intramolecular Hbond substituents is 1. The van der Waals surface area contributed by atoms with E-state index >= 15 is 0 Å². The smallest absolute Gasteiger partial charge is 0.120 e. The van der Waals surface area contributed by atoms with E-state index in [1.165, 1.54) is 0 Å². The maximum Gasteiger partial charge on any atom is 0.120 e. The molecule has 84 valence electrons. The minimum atomic E-state index is 0.161. The molecule has 1 unspecified atom stereocenters. The number of aromatic hydroxyl groups is 1. The summed E-state index contributed by atoms with van der Waals surface area (Å²) in [7, 11) is 0. The lowest BCUT2D eigenvalue weighted by Crippen LogP contribution is -2.22. The fourth-order valence-electron chi connectivity index (χ4n) is 1.21. The van der Waals surface area contributed by atoms with Crippen LogP contribution in [0.25, 0.3) is 0 Å². The average molecular weight is 230 g/mol. The fourth-order valence-corrected chi connectivity index (χ4v) is 1.41. The van der Waals surface area contributed by atoms with Crippen LogP contribution in [0.15, 0.2) is 18.2 Å². The molecule has 0 saturated carbocycles. The topological polar surface area (TPSA) is 52.5 Å². The van der Waals surface area contributed by atoms with Gasteiger partial charge in [-0.3, -0.25) is 0 Å². The summed E-state index contributed by atoms with van der Waals surface area (Å²) < 4.78 is 0. The number of nitrogens with one attached hydrogen (secondary N) is 1. The molecule has 15 heavy (non-hydrogen) atoms. The minimum Gasteiger partial charge on any atom is -0.508 e.